The Labute approximate surface area is 183 Å². The molecule has 0 spiro atoms. The fourth-order valence-electron chi connectivity index (χ4n) is 3.95. The first-order chi connectivity index (χ1) is 14.8. The maximum absolute atomic E-state index is 12.5. The fourth-order valence-corrected chi connectivity index (χ4v) is 3.95. The molecular weight excluding hydrogens is 401 g/mol. The van der Waals surface area contributed by atoms with Gasteiger partial charge in [0.15, 0.2) is 0 Å². The zero-order chi connectivity index (χ0) is 22.4. The molecule has 0 bridgehead atoms. The zero-order valence-corrected chi connectivity index (χ0v) is 18.1. The smallest absolute Gasteiger partial charge is 0.534 e. The van der Waals surface area contributed by atoms with Gasteiger partial charge in [0, 0.05) is 25.2 Å². The monoisotopic (exact) mass is 433 g/mol. The molecule has 1 amide bonds. The van der Waals surface area contributed by atoms with Crippen LogP contribution in [-0.2, 0) is 16.0 Å². The van der Waals surface area contributed by atoms with E-state index in [0.717, 1.165) is 25.9 Å². The molecule has 1 fully saturated rings. The van der Waals surface area contributed by atoms with E-state index < -0.39 is 19.0 Å². The Balaban J connectivity index is 1.42. The van der Waals surface area contributed by atoms with Crippen molar-refractivity contribution in [3.8, 4) is 5.75 Å². The molecule has 2 aliphatic rings. The van der Waals surface area contributed by atoms with Crippen LogP contribution in [0.15, 0.2) is 18.2 Å². The number of ether oxygens (including phenoxy) is 1. The van der Waals surface area contributed by atoms with Gasteiger partial charge in [-0.1, -0.05) is 26.0 Å². The summed E-state index contributed by atoms with van der Waals surface area (Å²) in [5, 5.41) is 29.2. The third kappa shape index (κ3) is 6.67. The van der Waals surface area contributed by atoms with Crippen molar-refractivity contribution in [2.45, 2.75) is 63.7 Å². The molecule has 1 aromatic rings. The molecule has 31 heavy (non-hydrogen) atoms. The van der Waals surface area contributed by atoms with E-state index in [4.69, 9.17) is 9.39 Å². The van der Waals surface area contributed by atoms with Crippen LogP contribution in [-0.4, -0.2) is 73.0 Å². The van der Waals surface area contributed by atoms with Crippen LogP contribution in [0.4, 0.5) is 0 Å². The van der Waals surface area contributed by atoms with Crippen molar-refractivity contribution in [1.82, 2.24) is 16.0 Å². The van der Waals surface area contributed by atoms with E-state index in [1.54, 1.807) is 12.1 Å². The number of carboxylic acids is 1. The number of aromatic carboxylic acids is 1. The van der Waals surface area contributed by atoms with Crippen LogP contribution in [0, 0.1) is 0 Å². The molecule has 2 aliphatic heterocycles. The molecule has 1 saturated heterocycles. The first kappa shape index (κ1) is 23.5. The number of carbonyl (C=O) groups excluding carboxylic acids is 1. The van der Waals surface area contributed by atoms with Crippen molar-refractivity contribution in [2.24, 2.45) is 0 Å². The largest absolute Gasteiger partial charge is 0.547 e. The summed E-state index contributed by atoms with van der Waals surface area (Å²) in [6, 6.07) is 5.55. The molecule has 10 heteroatoms. The number of hydrogen-bond donors (Lipinski definition) is 5. The Hall–Kier alpha value is -2.14. The number of hydrogen-bond acceptors (Lipinski definition) is 7. The van der Waals surface area contributed by atoms with Crippen LogP contribution >= 0.6 is 0 Å². The third-order valence-electron chi connectivity index (χ3n) is 5.59. The second-order valence-electron chi connectivity index (χ2n) is 8.48. The van der Waals surface area contributed by atoms with Gasteiger partial charge < -0.3 is 35.5 Å². The molecule has 0 aliphatic carbocycles. The molecule has 0 radical (unpaired) electrons. The molecule has 0 saturated carbocycles. The number of nitrogens with one attached hydrogen (secondary N) is 3. The van der Waals surface area contributed by atoms with E-state index in [1.165, 1.54) is 6.07 Å². The molecule has 3 atom stereocenters. The van der Waals surface area contributed by atoms with Gasteiger partial charge in [0.05, 0.1) is 30.6 Å². The number of carboxylic acid groups (broad SMARTS) is 1. The Kier molecular flexibility index (Phi) is 8.31. The second-order valence-corrected chi connectivity index (χ2v) is 8.48. The SMILES string of the molecule is CC(C)NCCNC1CCC(CC(=O)NC2Cc3cccc(C(=O)O)c3OB2O)OC1. The van der Waals surface area contributed by atoms with Gasteiger partial charge in [-0.2, -0.15) is 0 Å². The van der Waals surface area contributed by atoms with Gasteiger partial charge in [0.25, 0.3) is 0 Å². The third-order valence-corrected chi connectivity index (χ3v) is 5.59. The first-order valence-electron chi connectivity index (χ1n) is 10.9. The van der Waals surface area contributed by atoms with Crippen molar-refractivity contribution in [3.05, 3.63) is 29.3 Å². The summed E-state index contributed by atoms with van der Waals surface area (Å²) in [4.78, 5) is 23.8. The number of rotatable bonds is 9. The van der Waals surface area contributed by atoms with E-state index in [9.17, 15) is 19.7 Å². The minimum atomic E-state index is -1.31. The summed E-state index contributed by atoms with van der Waals surface area (Å²) in [5.41, 5.74) is 0.644. The van der Waals surface area contributed by atoms with Crippen molar-refractivity contribution in [2.75, 3.05) is 19.7 Å². The van der Waals surface area contributed by atoms with E-state index in [-0.39, 0.29) is 29.7 Å². The van der Waals surface area contributed by atoms with Gasteiger partial charge in [-0.15, -0.1) is 0 Å². The summed E-state index contributed by atoms with van der Waals surface area (Å²) < 4.78 is 11.3. The summed E-state index contributed by atoms with van der Waals surface area (Å²) >= 11 is 0. The lowest BCUT2D eigenvalue weighted by atomic mass is 9.72. The highest BCUT2D eigenvalue weighted by Crippen LogP contribution is 2.30. The van der Waals surface area contributed by atoms with E-state index in [0.29, 0.717) is 30.7 Å². The van der Waals surface area contributed by atoms with Crippen LogP contribution in [0.1, 0.15) is 49.0 Å². The number of carbonyl (C=O) groups is 2. The van der Waals surface area contributed by atoms with Gasteiger partial charge in [0.2, 0.25) is 5.91 Å². The average Bonchev–Trinajstić information content (AvgIpc) is 2.72. The van der Waals surface area contributed by atoms with Crippen LogP contribution in [0.5, 0.6) is 5.75 Å². The highest BCUT2D eigenvalue weighted by Gasteiger charge is 2.38. The molecule has 0 aromatic heterocycles. The fraction of sp³-hybridized carbons (Fsp3) is 0.619. The topological polar surface area (TPSA) is 129 Å². The highest BCUT2D eigenvalue weighted by atomic mass is 16.5. The van der Waals surface area contributed by atoms with Gasteiger partial charge in [-0.25, -0.2) is 4.79 Å². The normalized spacial score (nSPS) is 23.2. The van der Waals surface area contributed by atoms with Crippen LogP contribution in [0.25, 0.3) is 0 Å². The predicted octanol–water partition coefficient (Wildman–Crippen LogP) is 0.350. The van der Waals surface area contributed by atoms with Crippen molar-refractivity contribution in [1.29, 1.82) is 0 Å². The lowest BCUT2D eigenvalue weighted by Gasteiger charge is -2.31. The number of benzene rings is 1. The van der Waals surface area contributed by atoms with Gasteiger partial charge in [-0.3, -0.25) is 4.79 Å². The molecule has 170 valence electrons. The Morgan fingerprint density at radius 2 is 2.06 bits per heavy atom. The summed E-state index contributed by atoms with van der Waals surface area (Å²) in [6.45, 7) is 6.58. The Morgan fingerprint density at radius 3 is 2.74 bits per heavy atom. The molecule has 3 unspecified atom stereocenters. The van der Waals surface area contributed by atoms with E-state index in [2.05, 4.69) is 29.8 Å². The molecule has 1 aromatic carbocycles. The molecule has 2 heterocycles. The van der Waals surface area contributed by atoms with Gasteiger partial charge in [0.1, 0.15) is 5.75 Å². The van der Waals surface area contributed by atoms with Crippen molar-refractivity contribution < 1.29 is 29.1 Å². The quantitative estimate of drug-likeness (QED) is 0.279. The zero-order valence-electron chi connectivity index (χ0n) is 18.1. The molecule has 3 rings (SSSR count). The molecular formula is C21H32BN3O6. The molecule has 9 nitrogen and oxygen atoms in total. The van der Waals surface area contributed by atoms with E-state index in [1.807, 2.05) is 0 Å². The van der Waals surface area contributed by atoms with E-state index >= 15 is 0 Å². The number of para-hydroxylation sites is 1. The summed E-state index contributed by atoms with van der Waals surface area (Å²) in [6.07, 6.45) is 2.09. The lowest BCUT2D eigenvalue weighted by molar-refractivity contribution is -0.125. The maximum atomic E-state index is 12.5. The average molecular weight is 433 g/mol. The Morgan fingerprint density at radius 1 is 1.26 bits per heavy atom. The Bertz CT molecular complexity index is 769. The van der Waals surface area contributed by atoms with Crippen LogP contribution in [0.2, 0.25) is 0 Å². The summed E-state index contributed by atoms with van der Waals surface area (Å²) in [5.74, 6) is -1.82. The first-order valence-corrected chi connectivity index (χ1v) is 10.9. The minimum absolute atomic E-state index is 0.0000768. The highest BCUT2D eigenvalue weighted by molar-refractivity contribution is 6.47. The van der Waals surface area contributed by atoms with Crippen molar-refractivity contribution in [3.63, 3.8) is 0 Å². The number of fused-ring (bicyclic) bond motifs is 1. The standard InChI is InChI=1S/C21H32BN3O6/c1-13(2)23-8-9-24-15-6-7-16(30-12-15)11-19(26)25-18-10-14-4-3-5-17(21(27)28)20(14)31-22(18)29/h3-5,13,15-16,18,23-24,29H,6-12H2,1-2H3,(H,25,26)(H,27,28). The van der Waals surface area contributed by atoms with Crippen molar-refractivity contribution >= 4 is 19.0 Å². The summed E-state index contributed by atoms with van der Waals surface area (Å²) in [7, 11) is -1.31. The van der Waals surface area contributed by atoms with Crippen LogP contribution < -0.4 is 20.6 Å². The maximum Gasteiger partial charge on any atom is 0.547 e. The number of amides is 1. The van der Waals surface area contributed by atoms with Gasteiger partial charge in [-0.05, 0) is 30.9 Å². The van der Waals surface area contributed by atoms with Crippen LogP contribution in [0.3, 0.4) is 0 Å². The second kappa shape index (κ2) is 10.9. The van der Waals surface area contributed by atoms with Gasteiger partial charge >= 0.3 is 13.1 Å². The molecule has 5 N–H and O–H groups in total. The predicted molar refractivity (Wildman–Crippen MR) is 116 cm³/mol. The minimum Gasteiger partial charge on any atom is -0.534 e. The lowest BCUT2D eigenvalue weighted by Crippen LogP contribution is -2.53.